The van der Waals surface area contributed by atoms with Crippen LogP contribution in [0.1, 0.15) is 11.3 Å². The Morgan fingerprint density at radius 3 is 2.58 bits per heavy atom. The van der Waals surface area contributed by atoms with E-state index < -0.39 is 11.9 Å². The van der Waals surface area contributed by atoms with E-state index in [0.717, 1.165) is 13.1 Å². The molecule has 0 radical (unpaired) electrons. The van der Waals surface area contributed by atoms with Gasteiger partial charge in [0.25, 0.3) is 0 Å². The van der Waals surface area contributed by atoms with E-state index in [1.54, 1.807) is 6.07 Å². The van der Waals surface area contributed by atoms with Crippen LogP contribution < -0.4 is 0 Å². The van der Waals surface area contributed by atoms with Crippen LogP contribution in [0.5, 0.6) is 5.75 Å². The maximum atomic E-state index is 12.6. The number of nitrogens with zero attached hydrogens (tertiary/aromatic N) is 3. The second-order valence-corrected chi connectivity index (χ2v) is 3.85. The van der Waals surface area contributed by atoms with Crippen molar-refractivity contribution < 1.29 is 18.3 Å². The number of aromatic nitrogens is 2. The van der Waals surface area contributed by atoms with Crippen molar-refractivity contribution >= 4 is 0 Å². The van der Waals surface area contributed by atoms with Gasteiger partial charge in [-0.05, 0) is 18.2 Å². The van der Waals surface area contributed by atoms with Gasteiger partial charge in [-0.3, -0.25) is 4.68 Å². The molecule has 19 heavy (non-hydrogen) atoms. The van der Waals surface area contributed by atoms with E-state index in [9.17, 15) is 18.3 Å². The molecule has 1 aromatic carbocycles. The van der Waals surface area contributed by atoms with Crippen LogP contribution in [0.25, 0.3) is 11.3 Å². The van der Waals surface area contributed by atoms with Crippen molar-refractivity contribution in [1.29, 1.82) is 5.26 Å². The van der Waals surface area contributed by atoms with Crippen molar-refractivity contribution in [3.05, 3.63) is 35.5 Å². The van der Waals surface area contributed by atoms with Gasteiger partial charge in [-0.2, -0.15) is 23.5 Å². The van der Waals surface area contributed by atoms with Gasteiger partial charge in [0.2, 0.25) is 0 Å². The summed E-state index contributed by atoms with van der Waals surface area (Å²) in [6, 6.07) is 6.82. The molecule has 0 fully saturated rings. The Kier molecular flexibility index (Phi) is 2.94. The summed E-state index contributed by atoms with van der Waals surface area (Å²) in [5.74, 6) is -0.378. The van der Waals surface area contributed by atoms with Crippen LogP contribution in [0.2, 0.25) is 0 Å². The molecule has 1 N–H and O–H groups in total. The summed E-state index contributed by atoms with van der Waals surface area (Å²) in [6.45, 7) is 0. The van der Waals surface area contributed by atoms with Gasteiger partial charge in [0.1, 0.15) is 17.5 Å². The van der Waals surface area contributed by atoms with Gasteiger partial charge in [-0.15, -0.1) is 0 Å². The number of aromatic hydroxyl groups is 1. The summed E-state index contributed by atoms with van der Waals surface area (Å²) in [4.78, 5) is 0. The molecule has 7 heteroatoms. The molecule has 0 bridgehead atoms. The van der Waals surface area contributed by atoms with Gasteiger partial charge in [0, 0.05) is 12.6 Å². The van der Waals surface area contributed by atoms with Gasteiger partial charge >= 0.3 is 6.18 Å². The summed E-state index contributed by atoms with van der Waals surface area (Å²) in [7, 11) is 1.16. The molecule has 0 amide bonds. The van der Waals surface area contributed by atoms with Gasteiger partial charge < -0.3 is 5.11 Å². The van der Waals surface area contributed by atoms with Crippen LogP contribution in [-0.4, -0.2) is 14.9 Å². The molecule has 98 valence electrons. The van der Waals surface area contributed by atoms with E-state index in [0.29, 0.717) is 4.68 Å². The fourth-order valence-electron chi connectivity index (χ4n) is 1.70. The van der Waals surface area contributed by atoms with E-state index in [-0.39, 0.29) is 22.6 Å². The number of nitriles is 1. The van der Waals surface area contributed by atoms with Crippen LogP contribution in [0.4, 0.5) is 13.2 Å². The zero-order valence-electron chi connectivity index (χ0n) is 9.73. The normalized spacial score (nSPS) is 11.3. The van der Waals surface area contributed by atoms with E-state index in [4.69, 9.17) is 5.26 Å². The number of alkyl halides is 3. The standard InChI is InChI=1S/C12H8F3N3O/c1-18-10(12(13,14)15)5-9(17-18)8-4-2-3-7(6-16)11(8)19/h2-5,19H,1H3. The third-order valence-corrected chi connectivity index (χ3v) is 2.60. The quantitative estimate of drug-likeness (QED) is 0.864. The molecule has 2 aromatic rings. The Bertz CT molecular complexity index is 668. The monoisotopic (exact) mass is 267 g/mol. The fraction of sp³-hybridized carbons (Fsp3) is 0.167. The highest BCUT2D eigenvalue weighted by molar-refractivity contribution is 5.70. The average molecular weight is 267 g/mol. The average Bonchev–Trinajstić information content (AvgIpc) is 2.71. The molecule has 1 heterocycles. The van der Waals surface area contributed by atoms with Crippen molar-refractivity contribution in [2.45, 2.75) is 6.18 Å². The van der Waals surface area contributed by atoms with Gasteiger partial charge in [-0.25, -0.2) is 0 Å². The molecular formula is C12H8F3N3O. The lowest BCUT2D eigenvalue weighted by atomic mass is 10.1. The van der Waals surface area contributed by atoms with Gasteiger partial charge in [0.05, 0.1) is 11.3 Å². The Labute approximate surface area is 106 Å². The van der Waals surface area contributed by atoms with Crippen LogP contribution in [0.15, 0.2) is 24.3 Å². The smallest absolute Gasteiger partial charge is 0.433 e. The Hall–Kier alpha value is -2.49. The minimum Gasteiger partial charge on any atom is -0.506 e. The molecule has 0 aliphatic carbocycles. The second-order valence-electron chi connectivity index (χ2n) is 3.85. The summed E-state index contributed by atoms with van der Waals surface area (Å²) in [5.41, 5.74) is -0.893. The molecule has 2 rings (SSSR count). The molecular weight excluding hydrogens is 259 g/mol. The highest BCUT2D eigenvalue weighted by atomic mass is 19.4. The lowest BCUT2D eigenvalue weighted by Gasteiger charge is -2.04. The first-order valence-electron chi connectivity index (χ1n) is 5.18. The van der Waals surface area contributed by atoms with Crippen LogP contribution in [-0.2, 0) is 13.2 Å². The summed E-state index contributed by atoms with van der Waals surface area (Å²) in [6.07, 6.45) is -4.53. The fourth-order valence-corrected chi connectivity index (χ4v) is 1.70. The molecule has 0 aliphatic heterocycles. The van der Waals surface area contributed by atoms with Crippen LogP contribution in [0, 0.1) is 11.3 Å². The molecule has 0 saturated carbocycles. The van der Waals surface area contributed by atoms with E-state index >= 15 is 0 Å². The van der Waals surface area contributed by atoms with Crippen molar-refractivity contribution in [3.8, 4) is 23.1 Å². The summed E-state index contributed by atoms with van der Waals surface area (Å²) < 4.78 is 38.6. The van der Waals surface area contributed by atoms with Crippen molar-refractivity contribution in [2.24, 2.45) is 7.05 Å². The van der Waals surface area contributed by atoms with Crippen molar-refractivity contribution in [3.63, 3.8) is 0 Å². The predicted molar refractivity (Wildman–Crippen MR) is 60.0 cm³/mol. The van der Waals surface area contributed by atoms with E-state index in [2.05, 4.69) is 5.10 Å². The molecule has 4 nitrogen and oxygen atoms in total. The highest BCUT2D eigenvalue weighted by Crippen LogP contribution is 2.35. The Balaban J connectivity index is 2.59. The zero-order valence-corrected chi connectivity index (χ0v) is 9.73. The minimum atomic E-state index is -4.53. The third kappa shape index (κ3) is 2.25. The highest BCUT2D eigenvalue weighted by Gasteiger charge is 2.35. The lowest BCUT2D eigenvalue weighted by molar-refractivity contribution is -0.143. The van der Waals surface area contributed by atoms with E-state index in [1.807, 2.05) is 0 Å². The molecule has 0 atom stereocenters. The summed E-state index contributed by atoms with van der Waals surface area (Å²) in [5, 5.41) is 22.3. The number of aryl methyl sites for hydroxylation is 1. The zero-order chi connectivity index (χ0) is 14.2. The SMILES string of the molecule is Cn1nc(-c2cccc(C#N)c2O)cc1C(F)(F)F. The first-order chi connectivity index (χ1) is 8.84. The number of hydrogen-bond acceptors (Lipinski definition) is 3. The van der Waals surface area contributed by atoms with Gasteiger partial charge in [0.15, 0.2) is 0 Å². The number of rotatable bonds is 1. The maximum Gasteiger partial charge on any atom is 0.433 e. The van der Waals surface area contributed by atoms with Crippen LogP contribution >= 0.6 is 0 Å². The molecule has 0 unspecified atom stereocenters. The largest absolute Gasteiger partial charge is 0.506 e. The number of phenolic OH excluding ortho intramolecular Hbond substituents is 1. The van der Waals surface area contributed by atoms with E-state index in [1.165, 1.54) is 18.2 Å². The molecule has 0 aliphatic rings. The molecule has 1 aromatic heterocycles. The van der Waals surface area contributed by atoms with Crippen LogP contribution in [0.3, 0.4) is 0 Å². The van der Waals surface area contributed by atoms with Crippen molar-refractivity contribution in [1.82, 2.24) is 9.78 Å². The Morgan fingerprint density at radius 2 is 2.05 bits per heavy atom. The van der Waals surface area contributed by atoms with Gasteiger partial charge in [-0.1, -0.05) is 6.07 Å². The van der Waals surface area contributed by atoms with Crippen molar-refractivity contribution in [2.75, 3.05) is 0 Å². The molecule has 0 saturated heterocycles. The Morgan fingerprint density at radius 1 is 1.37 bits per heavy atom. The minimum absolute atomic E-state index is 0.0169. The lowest BCUT2D eigenvalue weighted by Crippen LogP contribution is -2.11. The topological polar surface area (TPSA) is 61.8 Å². The summed E-state index contributed by atoms with van der Waals surface area (Å²) >= 11 is 0. The number of hydrogen-bond donors (Lipinski definition) is 1. The predicted octanol–water partition coefficient (Wildman–Crippen LogP) is 2.68. The second kappa shape index (κ2) is 4.31. The third-order valence-electron chi connectivity index (χ3n) is 2.60. The molecule has 0 spiro atoms. The number of halogens is 3. The number of phenols is 1. The number of para-hydroxylation sites is 1. The number of benzene rings is 1. The first-order valence-corrected chi connectivity index (χ1v) is 5.18. The first kappa shape index (κ1) is 13.0. The maximum absolute atomic E-state index is 12.6.